The number of hydrogen-bond donors (Lipinski definition) is 2. The van der Waals surface area contributed by atoms with Gasteiger partial charge < -0.3 is 23.9 Å². The third kappa shape index (κ3) is 4.70. The first-order chi connectivity index (χ1) is 14.4. The van der Waals surface area contributed by atoms with Gasteiger partial charge >= 0.3 is 13.2 Å². The van der Waals surface area contributed by atoms with Crippen LogP contribution >= 0.6 is 0 Å². The number of halogens is 2. The molecule has 2 aliphatic carbocycles. The van der Waals surface area contributed by atoms with E-state index in [1.54, 1.807) is 0 Å². The van der Waals surface area contributed by atoms with E-state index in [0.29, 0.717) is 11.3 Å². The van der Waals surface area contributed by atoms with Crippen LogP contribution in [0, 0.1) is 17.8 Å². The first-order valence-corrected chi connectivity index (χ1v) is 11.5. The summed E-state index contributed by atoms with van der Waals surface area (Å²) >= 11 is 0. The lowest BCUT2D eigenvalue weighted by atomic mass is 9.68. The van der Waals surface area contributed by atoms with Crippen molar-refractivity contribution in [3.63, 3.8) is 0 Å². The van der Waals surface area contributed by atoms with E-state index >= 15 is 0 Å². The zero-order valence-electron chi connectivity index (χ0n) is 17.7. The second-order valence-corrected chi connectivity index (χ2v) is 9.47. The monoisotopic (exact) mass is 426 g/mol. The van der Waals surface area contributed by atoms with Crippen LogP contribution in [0.25, 0.3) is 0 Å². The largest absolute Gasteiger partial charge is 0.636 e. The lowest BCUT2D eigenvalue weighted by molar-refractivity contribution is -0.200. The fourth-order valence-electron chi connectivity index (χ4n) is 5.96. The maximum atomic E-state index is 14.4. The summed E-state index contributed by atoms with van der Waals surface area (Å²) in [5.41, 5.74) is 0.399. The average Bonchev–Trinajstić information content (AvgIpc) is 3.10. The topological polar surface area (TPSA) is 72.1 Å². The van der Waals surface area contributed by atoms with Crippen LogP contribution in [0.4, 0.5) is 8.78 Å². The van der Waals surface area contributed by atoms with E-state index in [1.165, 1.54) is 44.8 Å². The lowest BCUT2D eigenvalue weighted by Gasteiger charge is -2.38. The van der Waals surface area contributed by atoms with Gasteiger partial charge in [0.05, 0.1) is 6.42 Å². The highest BCUT2D eigenvalue weighted by Crippen LogP contribution is 2.48. The first kappa shape index (κ1) is 22.1. The summed E-state index contributed by atoms with van der Waals surface area (Å²) in [5.74, 6) is 0.0937. The van der Waals surface area contributed by atoms with Crippen molar-refractivity contribution in [3.05, 3.63) is 17.6 Å². The predicted octanol–water partition coefficient (Wildman–Crippen LogP) is 5.04. The summed E-state index contributed by atoms with van der Waals surface area (Å²) in [6.45, 7) is 2.27. The van der Waals surface area contributed by atoms with Gasteiger partial charge in [-0.15, -0.1) is 0 Å². The molecule has 8 heteroatoms. The van der Waals surface area contributed by atoms with Crippen LogP contribution in [0.3, 0.4) is 0 Å². The SMILES string of the molecule is CCCC1CCC(C2CCC(c3occ4c3CC(F)(F)C(OB(O)O)O4)CC2)CC1. The number of fused-ring (bicyclic) bond motifs is 1. The highest BCUT2D eigenvalue weighted by atomic mass is 19.3. The lowest BCUT2D eigenvalue weighted by Crippen LogP contribution is -2.48. The quantitative estimate of drug-likeness (QED) is 0.624. The molecule has 0 spiro atoms. The third-order valence-electron chi connectivity index (χ3n) is 7.52. The van der Waals surface area contributed by atoms with Crippen LogP contribution in [-0.2, 0) is 11.1 Å². The fraction of sp³-hybridized carbons (Fsp3) is 0.818. The summed E-state index contributed by atoms with van der Waals surface area (Å²) in [4.78, 5) is 0. The predicted molar refractivity (Wildman–Crippen MR) is 108 cm³/mol. The van der Waals surface area contributed by atoms with Crippen molar-refractivity contribution < 1.29 is 32.6 Å². The van der Waals surface area contributed by atoms with Gasteiger partial charge in [-0.3, -0.25) is 0 Å². The molecule has 2 saturated carbocycles. The number of alkyl halides is 2. The minimum atomic E-state index is -3.36. The van der Waals surface area contributed by atoms with Gasteiger partial charge in [0.25, 0.3) is 6.29 Å². The molecule has 30 heavy (non-hydrogen) atoms. The molecular formula is C22H33BF2O5. The Bertz CT molecular complexity index is 694. The van der Waals surface area contributed by atoms with Crippen molar-refractivity contribution in [1.82, 2.24) is 0 Å². The first-order valence-electron chi connectivity index (χ1n) is 11.5. The summed E-state index contributed by atoms with van der Waals surface area (Å²) in [5, 5.41) is 17.7. The van der Waals surface area contributed by atoms with Crippen LogP contribution < -0.4 is 4.74 Å². The normalized spacial score (nSPS) is 33.6. The standard InChI is InChI=1S/C22H33BF2O5/c1-2-3-14-4-6-15(7-5-14)16-8-10-17(11-9-16)20-18-12-22(24,25)21(30-23(26)27)29-19(18)13-28-20/h13-17,21,26-27H,2-12H2,1H3. The van der Waals surface area contributed by atoms with Crippen molar-refractivity contribution in [2.45, 2.75) is 95.7 Å². The molecule has 5 nitrogen and oxygen atoms in total. The van der Waals surface area contributed by atoms with Gasteiger partial charge in [0.1, 0.15) is 12.0 Å². The van der Waals surface area contributed by atoms with E-state index in [4.69, 9.17) is 19.2 Å². The second-order valence-electron chi connectivity index (χ2n) is 9.47. The molecule has 3 aliphatic rings. The molecule has 2 heterocycles. The van der Waals surface area contributed by atoms with Crippen molar-refractivity contribution in [2.24, 2.45) is 17.8 Å². The minimum absolute atomic E-state index is 0.140. The average molecular weight is 426 g/mol. The van der Waals surface area contributed by atoms with Gasteiger partial charge in [-0.25, -0.2) is 0 Å². The highest BCUT2D eigenvalue weighted by Gasteiger charge is 2.50. The Morgan fingerprint density at radius 1 is 1.07 bits per heavy atom. The Morgan fingerprint density at radius 3 is 2.30 bits per heavy atom. The number of ether oxygens (including phenoxy) is 1. The molecule has 1 aliphatic heterocycles. The number of furan rings is 1. The van der Waals surface area contributed by atoms with Crippen molar-refractivity contribution in [1.29, 1.82) is 0 Å². The van der Waals surface area contributed by atoms with Crippen molar-refractivity contribution in [3.8, 4) is 5.75 Å². The minimum Gasteiger partial charge on any atom is -0.465 e. The summed E-state index contributed by atoms with van der Waals surface area (Å²) in [6.07, 6.45) is 11.0. The summed E-state index contributed by atoms with van der Waals surface area (Å²) in [7, 11) is -2.32. The second kappa shape index (κ2) is 9.17. The Kier molecular flexibility index (Phi) is 6.75. The molecule has 168 valence electrons. The molecule has 1 atom stereocenters. The molecule has 0 aromatic carbocycles. The van der Waals surface area contributed by atoms with Crippen LogP contribution in [0.5, 0.6) is 5.75 Å². The molecule has 1 aromatic rings. The smallest absolute Gasteiger partial charge is 0.465 e. The van der Waals surface area contributed by atoms with Crippen LogP contribution in [-0.4, -0.2) is 29.6 Å². The van der Waals surface area contributed by atoms with Gasteiger partial charge in [-0.05, 0) is 56.3 Å². The Labute approximate surface area is 177 Å². The van der Waals surface area contributed by atoms with E-state index in [9.17, 15) is 8.78 Å². The van der Waals surface area contributed by atoms with Gasteiger partial charge in [-0.2, -0.15) is 8.78 Å². The molecular weight excluding hydrogens is 393 g/mol. The zero-order valence-corrected chi connectivity index (χ0v) is 17.7. The number of rotatable bonds is 6. The van der Waals surface area contributed by atoms with E-state index < -0.39 is 26.0 Å². The molecule has 0 bridgehead atoms. The van der Waals surface area contributed by atoms with E-state index in [-0.39, 0.29) is 11.7 Å². The van der Waals surface area contributed by atoms with Gasteiger partial charge in [0.2, 0.25) is 0 Å². The highest BCUT2D eigenvalue weighted by molar-refractivity contribution is 6.32. The summed E-state index contributed by atoms with van der Waals surface area (Å²) in [6, 6.07) is 0. The third-order valence-corrected chi connectivity index (χ3v) is 7.52. The van der Waals surface area contributed by atoms with Gasteiger partial charge in [-0.1, -0.05) is 32.6 Å². The van der Waals surface area contributed by atoms with Crippen LogP contribution in [0.1, 0.15) is 88.4 Å². The molecule has 1 unspecified atom stereocenters. The molecule has 0 radical (unpaired) electrons. The van der Waals surface area contributed by atoms with Crippen molar-refractivity contribution >= 4 is 7.32 Å². The molecule has 1 aromatic heterocycles. The van der Waals surface area contributed by atoms with Gasteiger partial charge in [0, 0.05) is 11.5 Å². The van der Waals surface area contributed by atoms with E-state index in [0.717, 1.165) is 43.4 Å². The van der Waals surface area contributed by atoms with Crippen LogP contribution in [0.15, 0.2) is 10.7 Å². The van der Waals surface area contributed by atoms with E-state index in [2.05, 4.69) is 11.6 Å². The molecule has 2 fully saturated rings. The van der Waals surface area contributed by atoms with Crippen LogP contribution in [0.2, 0.25) is 0 Å². The van der Waals surface area contributed by atoms with E-state index in [1.807, 2.05) is 0 Å². The maximum Gasteiger partial charge on any atom is 0.636 e. The number of hydrogen-bond acceptors (Lipinski definition) is 5. The molecule has 0 saturated heterocycles. The Hall–Kier alpha value is -1.12. The Balaban J connectivity index is 1.35. The van der Waals surface area contributed by atoms with Crippen molar-refractivity contribution in [2.75, 3.05) is 0 Å². The fourth-order valence-corrected chi connectivity index (χ4v) is 5.96. The van der Waals surface area contributed by atoms with Gasteiger partial charge in [0.15, 0.2) is 5.75 Å². The molecule has 0 amide bonds. The zero-order chi connectivity index (χ0) is 21.3. The Morgan fingerprint density at radius 2 is 1.70 bits per heavy atom. The molecule has 2 N–H and O–H groups in total. The summed E-state index contributed by atoms with van der Waals surface area (Å²) < 4.78 is 44.1. The molecule has 4 rings (SSSR count). The maximum absolute atomic E-state index is 14.4.